The van der Waals surface area contributed by atoms with Crippen LogP contribution in [0, 0.1) is 62.2 Å². The Hall–Kier alpha value is -4.09. The molecular weight excluding hydrogens is 777 g/mol. The molecule has 324 valence electrons. The number of fused-ring (bicyclic) bond motifs is 7. The smallest absolute Gasteiger partial charge is 0.664 e. The molecular formula is C50H63MgN4O6-3. The average molecular weight is 840 g/mol. The fraction of sp³-hybridized carbons (Fsp3) is 0.540. The fourth-order valence-electron chi connectivity index (χ4n) is 9.58. The Morgan fingerprint density at radius 2 is 1.49 bits per heavy atom. The first-order valence-electron chi connectivity index (χ1n) is 22.0. The number of ketones is 2. The van der Waals surface area contributed by atoms with Gasteiger partial charge >= 0.3 is 35.0 Å². The Morgan fingerprint density at radius 3 is 2.16 bits per heavy atom. The van der Waals surface area contributed by atoms with E-state index in [1.807, 2.05) is 45.1 Å². The zero-order valence-electron chi connectivity index (χ0n) is 38.1. The van der Waals surface area contributed by atoms with E-state index in [9.17, 15) is 19.2 Å². The van der Waals surface area contributed by atoms with E-state index in [1.165, 1.54) is 38.4 Å². The number of aromatic nitrogens is 2. The minimum absolute atomic E-state index is 0. The van der Waals surface area contributed by atoms with Crippen molar-refractivity contribution >= 4 is 70.4 Å². The zero-order valence-corrected chi connectivity index (χ0v) is 39.5. The van der Waals surface area contributed by atoms with Gasteiger partial charge < -0.3 is 37.0 Å². The van der Waals surface area contributed by atoms with Crippen LogP contribution in [-0.4, -0.2) is 60.3 Å². The van der Waals surface area contributed by atoms with Gasteiger partial charge in [-0.3, -0.25) is 19.2 Å². The molecule has 0 N–H and O–H groups in total. The maximum Gasteiger partial charge on any atom is 2.00 e. The zero-order chi connectivity index (χ0) is 43.6. The average Bonchev–Trinajstić information content (AvgIpc) is 3.94. The molecule has 8 bridgehead atoms. The van der Waals surface area contributed by atoms with E-state index < -0.39 is 11.9 Å². The van der Waals surface area contributed by atoms with Gasteiger partial charge in [0.1, 0.15) is 12.5 Å². The minimum atomic E-state index is -1.25. The van der Waals surface area contributed by atoms with E-state index in [-0.39, 0.29) is 77.3 Å². The van der Waals surface area contributed by atoms with E-state index in [4.69, 9.17) is 30.1 Å². The maximum atomic E-state index is 14.3. The van der Waals surface area contributed by atoms with Gasteiger partial charge in [0.05, 0.1) is 7.11 Å². The minimum Gasteiger partial charge on any atom is -0.664 e. The Bertz CT molecular complexity index is 2180. The molecule has 4 aliphatic rings. The first kappa shape index (κ1) is 47.9. The predicted molar refractivity (Wildman–Crippen MR) is 243 cm³/mol. The van der Waals surface area contributed by atoms with E-state index in [1.54, 1.807) is 6.92 Å². The summed E-state index contributed by atoms with van der Waals surface area (Å²) in [5.74, 6) is -2.01. The predicted octanol–water partition coefficient (Wildman–Crippen LogP) is 10.9. The summed E-state index contributed by atoms with van der Waals surface area (Å²) in [6.07, 6.45) is 15.9. The molecule has 0 unspecified atom stereocenters. The number of hydrogen-bond donors (Lipinski definition) is 0. The Labute approximate surface area is 379 Å². The number of esters is 2. The van der Waals surface area contributed by atoms with Gasteiger partial charge in [0.2, 0.25) is 0 Å². The van der Waals surface area contributed by atoms with Crippen molar-refractivity contribution in [2.24, 2.45) is 41.4 Å². The van der Waals surface area contributed by atoms with Crippen LogP contribution >= 0.6 is 0 Å². The van der Waals surface area contributed by atoms with Crippen molar-refractivity contribution in [1.29, 1.82) is 0 Å². The van der Waals surface area contributed by atoms with Gasteiger partial charge in [0.15, 0.2) is 11.6 Å². The van der Waals surface area contributed by atoms with Gasteiger partial charge in [0, 0.05) is 17.5 Å². The standard InChI is InChI=1S/C50H65N4O6.Mg/c1-12-34-29(6)36-25-41-43(33(10)55)31(8)38(52-41)23-37-30(7)35(19-20-42(56)60-22-21-28(5)18-14-17-27(4)16-13-15-26(2)3)47(53-37)45-46(50(58)59-11)49(57)44-32(9)39(54-48(44)45)24-40(34)51-36;/h21,23-27,29-30,34-35,46H,2,12-20,22H2,1,3-11H3,(H2-2,51,52,53,54,55,57);/q-3;+2/p-2/b28-21+,37-23-,40-24-;/t26-,27+,29+,30-,34+,35-,46+;/m0./s1. The van der Waals surface area contributed by atoms with E-state index in [0.29, 0.717) is 74.7 Å². The van der Waals surface area contributed by atoms with E-state index in [0.717, 1.165) is 36.2 Å². The molecule has 1 aliphatic carbocycles. The Morgan fingerprint density at radius 1 is 0.852 bits per heavy atom. The summed E-state index contributed by atoms with van der Waals surface area (Å²) < 4.78 is 11.0. The third-order valence-electron chi connectivity index (χ3n) is 13.3. The van der Waals surface area contributed by atoms with Gasteiger partial charge in [-0.1, -0.05) is 107 Å². The van der Waals surface area contributed by atoms with Crippen LogP contribution < -0.4 is 9.97 Å². The first-order chi connectivity index (χ1) is 28.6. The monoisotopic (exact) mass is 839 g/mol. The Kier molecular flexibility index (Phi) is 16.0. The van der Waals surface area contributed by atoms with Crippen LogP contribution in [0.2, 0.25) is 0 Å². The molecule has 0 radical (unpaired) electrons. The summed E-state index contributed by atoms with van der Waals surface area (Å²) in [6, 6.07) is 0. The summed E-state index contributed by atoms with van der Waals surface area (Å²) in [5.41, 5.74) is 9.04. The van der Waals surface area contributed by atoms with Gasteiger partial charge in [-0.2, -0.15) is 28.7 Å². The number of carbonyl (C=O) groups excluding carboxylic acids is 4. The molecule has 11 heteroatoms. The summed E-state index contributed by atoms with van der Waals surface area (Å²) in [5, 5.41) is 10.3. The van der Waals surface area contributed by atoms with Crippen molar-refractivity contribution in [2.75, 3.05) is 13.7 Å². The second-order valence-electron chi connectivity index (χ2n) is 17.8. The van der Waals surface area contributed by atoms with E-state index in [2.05, 4.69) is 41.5 Å². The number of Topliss-reactive ketones (excluding diaryl/α,β-unsaturated/α-hetero) is 2. The summed E-state index contributed by atoms with van der Waals surface area (Å²) in [6.45, 7) is 22.4. The number of allylic oxidation sites excluding steroid dienone is 5. The van der Waals surface area contributed by atoms with Crippen LogP contribution in [0.15, 0.2) is 34.4 Å². The molecule has 0 amide bonds. The topological polar surface area (TPSA) is 143 Å². The van der Waals surface area contributed by atoms with Gasteiger partial charge in [-0.05, 0) is 82.6 Å². The molecule has 6 rings (SSSR count). The molecule has 2 fully saturated rings. The molecule has 2 aromatic heterocycles. The molecule has 7 atom stereocenters. The summed E-state index contributed by atoms with van der Waals surface area (Å²) >= 11 is 0. The number of hydrogen-bond acceptors (Lipinski definition) is 6. The van der Waals surface area contributed by atoms with Gasteiger partial charge in [-0.25, -0.2) is 0 Å². The van der Waals surface area contributed by atoms with Gasteiger partial charge in [-0.15, -0.1) is 22.8 Å². The normalized spacial score (nSPS) is 26.5. The van der Waals surface area contributed by atoms with Crippen LogP contribution in [0.4, 0.5) is 0 Å². The fourth-order valence-corrected chi connectivity index (χ4v) is 9.58. The number of nitrogens with zero attached hydrogens (tertiary/aromatic N) is 4. The SMILES string of the molecule is [CH2-][C@@H](C)CCC[C@@H](C)CCC/C(C)=C/COC(=O)CC[C@@H]1/C2=C3/c4[n-]c(c(C)c4C(=O)[C@@H]3C(=O)OC)/C=C3\[N-]/C(=C\c4[n-]c(c(C)c4C(C)=O)/C=C(\[N-]2)[C@H]1C)[C@H](C)[C@H]3CC.[Mg+2]. The molecule has 0 spiro atoms. The van der Waals surface area contributed by atoms with Crippen molar-refractivity contribution in [3.8, 4) is 0 Å². The summed E-state index contributed by atoms with van der Waals surface area (Å²) in [7, 11) is 1.28. The van der Waals surface area contributed by atoms with Crippen molar-refractivity contribution < 1.29 is 28.7 Å². The van der Waals surface area contributed by atoms with Crippen LogP contribution in [-0.2, 0) is 19.1 Å². The second-order valence-corrected chi connectivity index (χ2v) is 17.8. The molecule has 2 saturated heterocycles. The van der Waals surface area contributed by atoms with Crippen LogP contribution in [0.5, 0.6) is 0 Å². The quantitative estimate of drug-likeness (QED) is 0.0406. The molecule has 2 aromatic rings. The van der Waals surface area contributed by atoms with Crippen molar-refractivity contribution in [2.45, 2.75) is 120 Å². The van der Waals surface area contributed by atoms with Crippen molar-refractivity contribution in [3.05, 3.63) is 97.0 Å². The summed E-state index contributed by atoms with van der Waals surface area (Å²) in [4.78, 5) is 64.4. The molecule has 3 aliphatic heterocycles. The molecule has 0 aromatic carbocycles. The van der Waals surface area contributed by atoms with Crippen LogP contribution in [0.25, 0.3) is 34.4 Å². The van der Waals surface area contributed by atoms with Crippen LogP contribution in [0.1, 0.15) is 161 Å². The van der Waals surface area contributed by atoms with Crippen molar-refractivity contribution in [3.63, 3.8) is 0 Å². The maximum absolute atomic E-state index is 14.3. The van der Waals surface area contributed by atoms with Crippen molar-refractivity contribution in [1.82, 2.24) is 9.97 Å². The largest absolute Gasteiger partial charge is 2.00 e. The number of ether oxygens (including phenoxy) is 2. The van der Waals surface area contributed by atoms with Gasteiger partial charge in [0.25, 0.3) is 0 Å². The van der Waals surface area contributed by atoms with Crippen LogP contribution in [0.3, 0.4) is 0 Å². The third-order valence-corrected chi connectivity index (χ3v) is 13.3. The molecule has 10 nitrogen and oxygen atoms in total. The number of methoxy groups -OCH3 is 1. The van der Waals surface area contributed by atoms with E-state index >= 15 is 0 Å². The number of rotatable bonds is 16. The molecule has 5 heterocycles. The Balaban J connectivity index is 0.00000704. The first-order valence-corrected chi connectivity index (χ1v) is 22.0. The molecule has 61 heavy (non-hydrogen) atoms. The molecule has 0 saturated carbocycles. The third kappa shape index (κ3) is 10.1. The second kappa shape index (κ2) is 20.4. The number of carbonyl (C=O) groups is 4.